The normalized spacial score (nSPS) is 24.6. The Bertz CT molecular complexity index is 712. The number of hydrogen-bond donors (Lipinski definition) is 1. The number of nitro groups is 1. The van der Waals surface area contributed by atoms with Gasteiger partial charge in [-0.3, -0.25) is 19.7 Å². The fourth-order valence-electron chi connectivity index (χ4n) is 3.32. The van der Waals surface area contributed by atoms with Gasteiger partial charge in [0.1, 0.15) is 6.61 Å². The zero-order chi connectivity index (χ0) is 16.6. The third-order valence-corrected chi connectivity index (χ3v) is 4.52. The molecule has 1 fully saturated rings. The molecule has 0 saturated heterocycles. The van der Waals surface area contributed by atoms with Crippen molar-refractivity contribution >= 4 is 17.6 Å². The first kappa shape index (κ1) is 15.2. The number of benzene rings is 1. The summed E-state index contributed by atoms with van der Waals surface area (Å²) in [6.07, 6.45) is 5.93. The van der Waals surface area contributed by atoms with E-state index in [4.69, 9.17) is 10.5 Å². The van der Waals surface area contributed by atoms with Gasteiger partial charge < -0.3 is 10.5 Å². The molecule has 3 rings (SSSR count). The highest BCUT2D eigenvalue weighted by Gasteiger charge is 2.40. The lowest BCUT2D eigenvalue weighted by molar-refractivity contribution is -0.385. The molecule has 1 amide bonds. The van der Waals surface area contributed by atoms with Crippen molar-refractivity contribution in [2.24, 2.45) is 23.5 Å². The fourth-order valence-corrected chi connectivity index (χ4v) is 3.32. The van der Waals surface area contributed by atoms with Crippen molar-refractivity contribution in [2.45, 2.75) is 19.4 Å². The van der Waals surface area contributed by atoms with Crippen molar-refractivity contribution in [3.05, 3.63) is 51.6 Å². The predicted molar refractivity (Wildman–Crippen MR) is 80.3 cm³/mol. The van der Waals surface area contributed by atoms with Gasteiger partial charge in [0.05, 0.1) is 16.4 Å². The smallest absolute Gasteiger partial charge is 0.309 e. The van der Waals surface area contributed by atoms with Gasteiger partial charge >= 0.3 is 5.97 Å². The van der Waals surface area contributed by atoms with Gasteiger partial charge in [-0.2, -0.15) is 0 Å². The molecule has 23 heavy (non-hydrogen) atoms. The van der Waals surface area contributed by atoms with Crippen LogP contribution in [0.15, 0.2) is 30.4 Å². The van der Waals surface area contributed by atoms with Gasteiger partial charge in [-0.1, -0.05) is 12.2 Å². The zero-order valence-corrected chi connectivity index (χ0v) is 12.3. The number of nitro benzene ring substituents is 1. The highest BCUT2D eigenvalue weighted by atomic mass is 16.6. The summed E-state index contributed by atoms with van der Waals surface area (Å²) in [5, 5.41) is 11.1. The van der Waals surface area contributed by atoms with E-state index in [2.05, 4.69) is 6.08 Å². The SMILES string of the molecule is NC(=O)c1ccc(COC(=O)[C@H]2C[C@H]3C=C[C@H]2C3)c([N+](=O)[O-])c1. The number of primary amides is 1. The monoisotopic (exact) mass is 316 g/mol. The number of nitrogens with zero attached hydrogens (tertiary/aromatic N) is 1. The second-order valence-electron chi connectivity index (χ2n) is 5.96. The van der Waals surface area contributed by atoms with Gasteiger partial charge in [0.15, 0.2) is 0 Å². The van der Waals surface area contributed by atoms with E-state index in [9.17, 15) is 19.7 Å². The molecule has 3 atom stereocenters. The summed E-state index contributed by atoms with van der Waals surface area (Å²) >= 11 is 0. The molecule has 1 aromatic carbocycles. The molecule has 2 aliphatic rings. The second-order valence-corrected chi connectivity index (χ2v) is 5.96. The molecule has 0 spiro atoms. The molecule has 1 saturated carbocycles. The Balaban J connectivity index is 1.70. The summed E-state index contributed by atoms with van der Waals surface area (Å²) in [5.41, 5.74) is 5.13. The Labute approximate surface area is 132 Å². The highest BCUT2D eigenvalue weighted by Crippen LogP contribution is 2.44. The highest BCUT2D eigenvalue weighted by molar-refractivity contribution is 5.93. The van der Waals surface area contributed by atoms with Gasteiger partial charge in [0, 0.05) is 11.6 Å². The van der Waals surface area contributed by atoms with E-state index in [1.54, 1.807) is 0 Å². The van der Waals surface area contributed by atoms with Crippen LogP contribution in [0.3, 0.4) is 0 Å². The van der Waals surface area contributed by atoms with Crippen molar-refractivity contribution < 1.29 is 19.2 Å². The number of nitrogens with two attached hydrogens (primary N) is 1. The number of esters is 1. The van der Waals surface area contributed by atoms with Crippen molar-refractivity contribution in [2.75, 3.05) is 0 Å². The lowest BCUT2D eigenvalue weighted by Gasteiger charge is -2.16. The Morgan fingerprint density at radius 3 is 2.65 bits per heavy atom. The molecule has 2 aliphatic carbocycles. The topological polar surface area (TPSA) is 113 Å². The zero-order valence-electron chi connectivity index (χ0n) is 12.3. The first-order chi connectivity index (χ1) is 11.0. The molecule has 0 aromatic heterocycles. The third kappa shape index (κ3) is 2.94. The number of carbonyl (C=O) groups excluding carboxylic acids is 2. The maximum absolute atomic E-state index is 12.2. The number of amides is 1. The van der Waals surface area contributed by atoms with Crippen LogP contribution >= 0.6 is 0 Å². The number of carbonyl (C=O) groups is 2. The Kier molecular flexibility index (Phi) is 3.85. The summed E-state index contributed by atoms with van der Waals surface area (Å²) in [6.45, 7) is -0.189. The Hall–Kier alpha value is -2.70. The number of ether oxygens (including phenoxy) is 1. The van der Waals surface area contributed by atoms with Crippen LogP contribution in [-0.2, 0) is 16.1 Å². The van der Waals surface area contributed by atoms with Crippen molar-refractivity contribution in [3.8, 4) is 0 Å². The number of allylic oxidation sites excluding steroid dienone is 2. The van der Waals surface area contributed by atoms with Crippen LogP contribution in [0.1, 0.15) is 28.8 Å². The Morgan fingerprint density at radius 1 is 1.30 bits per heavy atom. The van der Waals surface area contributed by atoms with Crippen LogP contribution in [0.5, 0.6) is 0 Å². The molecule has 0 unspecified atom stereocenters. The molecule has 0 radical (unpaired) electrons. The number of rotatable bonds is 5. The van der Waals surface area contributed by atoms with E-state index < -0.39 is 10.8 Å². The standard InChI is InChI=1S/C16H16N2O5/c17-15(19)11-3-4-12(14(7-11)18(21)22)8-23-16(20)13-6-9-1-2-10(13)5-9/h1-4,7,9-10,13H,5-6,8H2,(H2,17,19)/t9-,10-,13-/m0/s1. The van der Waals surface area contributed by atoms with Crippen molar-refractivity contribution in [1.82, 2.24) is 0 Å². The lowest BCUT2D eigenvalue weighted by Crippen LogP contribution is -2.21. The average Bonchev–Trinajstić information content (AvgIpc) is 3.15. The molecule has 7 nitrogen and oxygen atoms in total. The van der Waals surface area contributed by atoms with E-state index in [0.29, 0.717) is 5.92 Å². The third-order valence-electron chi connectivity index (χ3n) is 4.52. The minimum Gasteiger partial charge on any atom is -0.460 e. The fraction of sp³-hybridized carbons (Fsp3) is 0.375. The molecule has 0 heterocycles. The minimum absolute atomic E-state index is 0.0463. The van der Waals surface area contributed by atoms with Crippen LogP contribution in [0.25, 0.3) is 0 Å². The van der Waals surface area contributed by atoms with Gasteiger partial charge in [-0.05, 0) is 36.8 Å². The second kappa shape index (κ2) is 5.83. The summed E-state index contributed by atoms with van der Waals surface area (Å²) in [4.78, 5) is 33.8. The molecular formula is C16H16N2O5. The molecule has 7 heteroatoms. The van der Waals surface area contributed by atoms with Gasteiger partial charge in [-0.15, -0.1) is 0 Å². The van der Waals surface area contributed by atoms with Crippen LogP contribution < -0.4 is 5.73 Å². The summed E-state index contributed by atoms with van der Waals surface area (Å²) in [7, 11) is 0. The van der Waals surface area contributed by atoms with Crippen molar-refractivity contribution in [1.29, 1.82) is 0 Å². The average molecular weight is 316 g/mol. The summed E-state index contributed by atoms with van der Waals surface area (Å²) in [5.74, 6) is -0.559. The molecule has 2 N–H and O–H groups in total. The van der Waals surface area contributed by atoms with E-state index in [1.807, 2.05) is 6.08 Å². The van der Waals surface area contributed by atoms with Gasteiger partial charge in [-0.25, -0.2) is 0 Å². The number of fused-ring (bicyclic) bond motifs is 2. The van der Waals surface area contributed by atoms with Crippen LogP contribution in [0, 0.1) is 27.9 Å². The summed E-state index contributed by atoms with van der Waals surface area (Å²) < 4.78 is 5.26. The first-order valence-corrected chi connectivity index (χ1v) is 7.38. The van der Waals surface area contributed by atoms with E-state index in [0.717, 1.165) is 18.9 Å². The predicted octanol–water partition coefficient (Wildman–Crippen LogP) is 1.95. The van der Waals surface area contributed by atoms with Gasteiger partial charge in [0.25, 0.3) is 5.69 Å². The number of hydrogen-bond acceptors (Lipinski definition) is 5. The molecule has 120 valence electrons. The molecular weight excluding hydrogens is 300 g/mol. The maximum atomic E-state index is 12.2. The molecule has 0 aliphatic heterocycles. The molecule has 2 bridgehead atoms. The quantitative estimate of drug-likeness (QED) is 0.386. The van der Waals surface area contributed by atoms with Crippen molar-refractivity contribution in [3.63, 3.8) is 0 Å². The Morgan fingerprint density at radius 2 is 2.09 bits per heavy atom. The first-order valence-electron chi connectivity index (χ1n) is 7.38. The van der Waals surface area contributed by atoms with E-state index >= 15 is 0 Å². The van der Waals surface area contributed by atoms with E-state index in [-0.39, 0.29) is 41.2 Å². The largest absolute Gasteiger partial charge is 0.460 e. The van der Waals surface area contributed by atoms with Crippen LogP contribution in [-0.4, -0.2) is 16.8 Å². The minimum atomic E-state index is -0.745. The maximum Gasteiger partial charge on any atom is 0.309 e. The van der Waals surface area contributed by atoms with Crippen LogP contribution in [0.4, 0.5) is 5.69 Å². The van der Waals surface area contributed by atoms with E-state index in [1.165, 1.54) is 12.1 Å². The molecule has 1 aromatic rings. The van der Waals surface area contributed by atoms with Gasteiger partial charge in [0.2, 0.25) is 5.91 Å². The summed E-state index contributed by atoms with van der Waals surface area (Å²) in [6, 6.07) is 3.89. The van der Waals surface area contributed by atoms with Crippen LogP contribution in [0.2, 0.25) is 0 Å². The lowest BCUT2D eigenvalue weighted by atomic mass is 9.94.